The Morgan fingerprint density at radius 2 is 2.14 bits per heavy atom. The van der Waals surface area contributed by atoms with Crippen molar-refractivity contribution in [1.82, 2.24) is 25.1 Å². The number of halogens is 1. The summed E-state index contributed by atoms with van der Waals surface area (Å²) in [7, 11) is 0. The molecule has 2 aromatic heterocycles. The van der Waals surface area contributed by atoms with Gasteiger partial charge in [0.25, 0.3) is 5.89 Å². The predicted octanol–water partition coefficient (Wildman–Crippen LogP) is 2.47. The number of benzene rings is 1. The van der Waals surface area contributed by atoms with Gasteiger partial charge in [0.15, 0.2) is 11.5 Å². The predicted molar refractivity (Wildman–Crippen MR) is 72.8 cm³/mol. The van der Waals surface area contributed by atoms with Gasteiger partial charge >= 0.3 is 0 Å². The van der Waals surface area contributed by atoms with E-state index in [1.807, 2.05) is 6.92 Å². The maximum atomic E-state index is 13.6. The first-order chi connectivity index (χ1) is 10.3. The first kappa shape index (κ1) is 13.4. The Balaban J connectivity index is 1.78. The molecule has 7 heteroatoms. The maximum absolute atomic E-state index is 13.6. The summed E-state index contributed by atoms with van der Waals surface area (Å²) < 4.78 is 20.3. The highest BCUT2D eigenvalue weighted by molar-refractivity contribution is 5.43. The van der Waals surface area contributed by atoms with Crippen molar-refractivity contribution < 1.29 is 8.91 Å². The zero-order valence-electron chi connectivity index (χ0n) is 11.5. The monoisotopic (exact) mass is 287 g/mol. The lowest BCUT2D eigenvalue weighted by molar-refractivity contribution is 0.421. The van der Waals surface area contributed by atoms with E-state index < -0.39 is 0 Å². The third-order valence-corrected chi connectivity index (χ3v) is 2.99. The van der Waals surface area contributed by atoms with Crippen LogP contribution in [-0.2, 0) is 13.0 Å². The molecule has 0 aliphatic rings. The van der Waals surface area contributed by atoms with Crippen LogP contribution in [0.1, 0.15) is 24.7 Å². The molecule has 0 spiro atoms. The minimum Gasteiger partial charge on any atom is -0.332 e. The molecule has 0 amide bonds. The lowest BCUT2D eigenvalue weighted by atomic mass is 10.2. The van der Waals surface area contributed by atoms with Gasteiger partial charge in [0.05, 0.1) is 12.7 Å². The molecule has 3 aromatic rings. The molecule has 3 rings (SSSR count). The summed E-state index contributed by atoms with van der Waals surface area (Å²) in [5.41, 5.74) is 1.03. The molecule has 0 fully saturated rings. The number of nitrogens with zero attached hydrogens (tertiary/aromatic N) is 5. The molecule has 0 bridgehead atoms. The summed E-state index contributed by atoms with van der Waals surface area (Å²) >= 11 is 0. The molecule has 1 aromatic carbocycles. The summed E-state index contributed by atoms with van der Waals surface area (Å²) in [4.78, 5) is 4.24. The third-order valence-electron chi connectivity index (χ3n) is 2.99. The van der Waals surface area contributed by atoms with Gasteiger partial charge in [-0.15, -0.1) is 5.10 Å². The van der Waals surface area contributed by atoms with E-state index in [1.54, 1.807) is 24.4 Å². The molecule has 108 valence electrons. The van der Waals surface area contributed by atoms with E-state index in [1.165, 1.54) is 10.7 Å². The Hall–Kier alpha value is -2.57. The summed E-state index contributed by atoms with van der Waals surface area (Å²) in [6.45, 7) is 2.34. The van der Waals surface area contributed by atoms with Gasteiger partial charge in [0, 0.05) is 12.0 Å². The molecular formula is C14H14FN5O. The highest BCUT2D eigenvalue weighted by Gasteiger charge is 2.13. The minimum absolute atomic E-state index is 0.266. The van der Waals surface area contributed by atoms with Crippen molar-refractivity contribution in [2.24, 2.45) is 0 Å². The van der Waals surface area contributed by atoms with Crippen molar-refractivity contribution in [1.29, 1.82) is 0 Å². The molecule has 0 saturated heterocycles. The zero-order chi connectivity index (χ0) is 14.7. The molecule has 0 saturated carbocycles. The van der Waals surface area contributed by atoms with Crippen molar-refractivity contribution in [3.63, 3.8) is 0 Å². The smallest absolute Gasteiger partial charge is 0.280 e. The molecular weight excluding hydrogens is 273 g/mol. The lowest BCUT2D eigenvalue weighted by Gasteiger charge is -2.01. The number of hydrogen-bond donors (Lipinski definition) is 0. The van der Waals surface area contributed by atoms with E-state index >= 15 is 0 Å². The van der Waals surface area contributed by atoms with E-state index in [2.05, 4.69) is 20.5 Å². The number of hydrogen-bond acceptors (Lipinski definition) is 5. The molecule has 0 N–H and O–H groups in total. The van der Waals surface area contributed by atoms with Crippen molar-refractivity contribution >= 4 is 0 Å². The lowest BCUT2D eigenvalue weighted by Crippen LogP contribution is -2.02. The van der Waals surface area contributed by atoms with E-state index in [4.69, 9.17) is 4.52 Å². The maximum Gasteiger partial charge on any atom is 0.280 e. The largest absolute Gasteiger partial charge is 0.332 e. The molecule has 6 nitrogen and oxygen atoms in total. The average Bonchev–Trinajstić information content (AvgIpc) is 3.11. The van der Waals surface area contributed by atoms with Crippen LogP contribution in [0.4, 0.5) is 4.39 Å². The van der Waals surface area contributed by atoms with Crippen LogP contribution in [-0.4, -0.2) is 25.1 Å². The average molecular weight is 287 g/mol. The zero-order valence-corrected chi connectivity index (χ0v) is 11.5. The fourth-order valence-corrected chi connectivity index (χ4v) is 1.96. The van der Waals surface area contributed by atoms with Crippen LogP contribution in [0.15, 0.2) is 35.0 Å². The molecule has 2 heterocycles. The first-order valence-corrected chi connectivity index (χ1v) is 6.72. The fraction of sp³-hybridized carbons (Fsp3) is 0.286. The van der Waals surface area contributed by atoms with E-state index in [0.717, 1.165) is 12.8 Å². The summed E-state index contributed by atoms with van der Waals surface area (Å²) in [5.74, 6) is 0.715. The Morgan fingerprint density at radius 1 is 1.29 bits per heavy atom. The Kier molecular flexibility index (Phi) is 3.72. The molecule has 0 unspecified atom stereocenters. The quantitative estimate of drug-likeness (QED) is 0.721. The van der Waals surface area contributed by atoms with E-state index in [0.29, 0.717) is 29.5 Å². The molecule has 21 heavy (non-hydrogen) atoms. The van der Waals surface area contributed by atoms with Crippen molar-refractivity contribution in [3.05, 3.63) is 47.7 Å². The van der Waals surface area contributed by atoms with Gasteiger partial charge in [0.2, 0.25) is 0 Å². The first-order valence-electron chi connectivity index (χ1n) is 6.72. The second kappa shape index (κ2) is 5.82. The topological polar surface area (TPSA) is 69.6 Å². The van der Waals surface area contributed by atoms with Crippen molar-refractivity contribution in [2.75, 3.05) is 0 Å². The van der Waals surface area contributed by atoms with Gasteiger partial charge in [0.1, 0.15) is 5.82 Å². The van der Waals surface area contributed by atoms with Gasteiger partial charge < -0.3 is 4.52 Å². The van der Waals surface area contributed by atoms with Crippen LogP contribution in [0.2, 0.25) is 0 Å². The second-order valence-corrected chi connectivity index (χ2v) is 4.66. The molecule has 0 radical (unpaired) electrons. The van der Waals surface area contributed by atoms with Crippen molar-refractivity contribution in [2.45, 2.75) is 26.3 Å². The highest BCUT2D eigenvalue weighted by atomic mass is 19.1. The summed E-state index contributed by atoms with van der Waals surface area (Å²) in [6.07, 6.45) is 3.36. The normalized spacial score (nSPS) is 11.0. The van der Waals surface area contributed by atoms with Gasteiger partial charge in [-0.05, 0) is 12.5 Å². The second-order valence-electron chi connectivity index (χ2n) is 4.66. The van der Waals surface area contributed by atoms with Crippen LogP contribution >= 0.6 is 0 Å². The van der Waals surface area contributed by atoms with E-state index in [9.17, 15) is 4.39 Å². The van der Waals surface area contributed by atoms with E-state index in [-0.39, 0.29) is 5.82 Å². The summed E-state index contributed by atoms with van der Waals surface area (Å²) in [5, 5.41) is 11.8. The molecule has 0 aliphatic carbocycles. The van der Waals surface area contributed by atoms with Crippen molar-refractivity contribution in [3.8, 4) is 11.6 Å². The standard InChI is InChI=1S/C14H14FN5O/c1-2-5-13-16-14(21-18-13)12-9-20(19-17-12)8-10-6-3-4-7-11(10)15/h3-4,6-7,9H,2,5,8H2,1H3. The van der Waals surface area contributed by atoms with Crippen LogP contribution in [0.25, 0.3) is 11.6 Å². The van der Waals surface area contributed by atoms with Crippen LogP contribution in [0.5, 0.6) is 0 Å². The Bertz CT molecular complexity index is 736. The summed E-state index contributed by atoms with van der Waals surface area (Å²) in [6, 6.07) is 6.57. The minimum atomic E-state index is -0.266. The van der Waals surface area contributed by atoms with Gasteiger partial charge in [-0.2, -0.15) is 4.98 Å². The van der Waals surface area contributed by atoms with Gasteiger partial charge in [-0.1, -0.05) is 35.5 Å². The number of aryl methyl sites for hydroxylation is 1. The number of rotatable bonds is 5. The van der Waals surface area contributed by atoms with Crippen LogP contribution in [0, 0.1) is 5.82 Å². The highest BCUT2D eigenvalue weighted by Crippen LogP contribution is 2.15. The van der Waals surface area contributed by atoms with Gasteiger partial charge in [-0.3, -0.25) is 0 Å². The molecule has 0 atom stereocenters. The van der Waals surface area contributed by atoms with Crippen LogP contribution in [0.3, 0.4) is 0 Å². The Morgan fingerprint density at radius 3 is 2.95 bits per heavy atom. The molecule has 0 aliphatic heterocycles. The SMILES string of the molecule is CCCc1noc(-c2cn(Cc3ccccc3F)nn2)n1. The Labute approximate surface area is 120 Å². The fourth-order valence-electron chi connectivity index (χ4n) is 1.96. The van der Waals surface area contributed by atoms with Gasteiger partial charge in [-0.25, -0.2) is 9.07 Å². The third kappa shape index (κ3) is 2.96. The number of aromatic nitrogens is 5. The van der Waals surface area contributed by atoms with Crippen LogP contribution < -0.4 is 0 Å².